The van der Waals surface area contributed by atoms with Crippen molar-refractivity contribution in [3.8, 4) is 0 Å². The number of aromatic nitrogens is 1. The van der Waals surface area contributed by atoms with Gasteiger partial charge in [0.1, 0.15) is 0 Å². The first-order chi connectivity index (χ1) is 9.63. The van der Waals surface area contributed by atoms with Gasteiger partial charge in [0.15, 0.2) is 0 Å². The summed E-state index contributed by atoms with van der Waals surface area (Å²) in [6.07, 6.45) is 0.546. The topological polar surface area (TPSA) is 44.9 Å². The van der Waals surface area contributed by atoms with Crippen molar-refractivity contribution in [1.82, 2.24) is 4.98 Å². The monoisotopic (exact) mass is 266 g/mol. The van der Waals surface area contributed by atoms with Crippen molar-refractivity contribution in [3.05, 3.63) is 42.5 Å². The number of nitrogens with one attached hydrogen (secondary N) is 2. The summed E-state index contributed by atoms with van der Waals surface area (Å²) in [5.74, 6) is 0.433. The highest BCUT2D eigenvalue weighted by atomic mass is 16.1. The average Bonchev–Trinajstić information content (AvgIpc) is 2.75. The lowest BCUT2D eigenvalue weighted by atomic mass is 10.1. The van der Waals surface area contributed by atoms with Crippen molar-refractivity contribution in [2.75, 3.05) is 5.32 Å². The third-order valence-electron chi connectivity index (χ3n) is 3.38. The Morgan fingerprint density at radius 2 is 1.85 bits per heavy atom. The zero-order valence-electron chi connectivity index (χ0n) is 11.7. The highest BCUT2D eigenvalue weighted by Gasteiger charge is 2.07. The third kappa shape index (κ3) is 2.39. The van der Waals surface area contributed by atoms with Gasteiger partial charge in [0.25, 0.3) is 0 Å². The molecule has 0 aliphatic rings. The van der Waals surface area contributed by atoms with Crippen LogP contribution in [-0.4, -0.2) is 10.9 Å². The summed E-state index contributed by atoms with van der Waals surface area (Å²) >= 11 is 0. The Morgan fingerprint density at radius 1 is 1.10 bits per heavy atom. The van der Waals surface area contributed by atoms with E-state index in [2.05, 4.69) is 28.5 Å². The van der Waals surface area contributed by atoms with E-state index in [1.54, 1.807) is 0 Å². The average molecular weight is 266 g/mol. The summed E-state index contributed by atoms with van der Waals surface area (Å²) in [6.45, 7) is 4.08. The molecule has 0 atom stereocenters. The Hall–Kier alpha value is -2.29. The predicted octanol–water partition coefficient (Wildman–Crippen LogP) is 4.31. The van der Waals surface area contributed by atoms with Gasteiger partial charge in [-0.3, -0.25) is 4.79 Å². The van der Waals surface area contributed by atoms with Gasteiger partial charge in [-0.2, -0.15) is 0 Å². The molecule has 0 spiro atoms. The molecule has 0 fully saturated rings. The second kappa shape index (κ2) is 5.00. The minimum atomic E-state index is 0.0652. The molecule has 0 bridgehead atoms. The normalized spacial score (nSPS) is 11.3. The van der Waals surface area contributed by atoms with E-state index in [1.807, 2.05) is 38.1 Å². The summed E-state index contributed by atoms with van der Waals surface area (Å²) in [7, 11) is 0. The van der Waals surface area contributed by atoms with Crippen molar-refractivity contribution >= 4 is 33.4 Å². The van der Waals surface area contributed by atoms with Crippen LogP contribution in [-0.2, 0) is 4.79 Å². The van der Waals surface area contributed by atoms with Crippen molar-refractivity contribution in [2.24, 2.45) is 5.92 Å². The van der Waals surface area contributed by atoms with Gasteiger partial charge in [-0.05, 0) is 24.1 Å². The van der Waals surface area contributed by atoms with Crippen LogP contribution >= 0.6 is 0 Å². The number of aromatic amines is 1. The molecule has 1 amide bonds. The second-order valence-corrected chi connectivity index (χ2v) is 5.58. The summed E-state index contributed by atoms with van der Waals surface area (Å²) in [5, 5.41) is 5.34. The van der Waals surface area contributed by atoms with E-state index in [0.717, 1.165) is 16.7 Å². The van der Waals surface area contributed by atoms with Gasteiger partial charge in [-0.1, -0.05) is 38.1 Å². The van der Waals surface area contributed by atoms with Crippen LogP contribution < -0.4 is 5.32 Å². The number of benzene rings is 2. The molecule has 0 saturated heterocycles. The molecule has 0 aliphatic carbocycles. The molecule has 0 saturated carbocycles. The molecule has 20 heavy (non-hydrogen) atoms. The maximum Gasteiger partial charge on any atom is 0.224 e. The van der Waals surface area contributed by atoms with Crippen LogP contribution in [0.2, 0.25) is 0 Å². The Balaban J connectivity index is 1.95. The van der Waals surface area contributed by atoms with Crippen molar-refractivity contribution in [2.45, 2.75) is 20.3 Å². The van der Waals surface area contributed by atoms with Crippen LogP contribution in [0.1, 0.15) is 20.3 Å². The van der Waals surface area contributed by atoms with Gasteiger partial charge >= 0.3 is 0 Å². The molecule has 0 radical (unpaired) electrons. The van der Waals surface area contributed by atoms with Crippen molar-refractivity contribution in [3.63, 3.8) is 0 Å². The minimum Gasteiger partial charge on any atom is -0.354 e. The first kappa shape index (κ1) is 12.7. The lowest BCUT2D eigenvalue weighted by molar-refractivity contribution is -0.116. The van der Waals surface area contributed by atoms with E-state index in [9.17, 15) is 4.79 Å². The largest absolute Gasteiger partial charge is 0.354 e. The maximum atomic E-state index is 11.8. The number of anilines is 1. The van der Waals surface area contributed by atoms with Crippen molar-refractivity contribution < 1.29 is 4.79 Å². The first-order valence-electron chi connectivity index (χ1n) is 6.94. The van der Waals surface area contributed by atoms with Gasteiger partial charge in [0.2, 0.25) is 5.91 Å². The van der Waals surface area contributed by atoms with E-state index in [4.69, 9.17) is 0 Å². The fourth-order valence-corrected chi connectivity index (χ4v) is 2.52. The summed E-state index contributed by atoms with van der Waals surface area (Å²) < 4.78 is 0. The van der Waals surface area contributed by atoms with E-state index >= 15 is 0 Å². The molecule has 102 valence electrons. The molecule has 3 aromatic rings. The Morgan fingerprint density at radius 3 is 2.65 bits per heavy atom. The second-order valence-electron chi connectivity index (χ2n) is 5.58. The van der Waals surface area contributed by atoms with Gasteiger partial charge in [0.05, 0.1) is 0 Å². The Bertz CT molecular complexity index is 771. The SMILES string of the molecule is CC(C)CC(=O)Nc1ccc2c(c1)[nH]c1ccccc12. The van der Waals surface area contributed by atoms with Gasteiger partial charge in [-0.15, -0.1) is 0 Å². The van der Waals surface area contributed by atoms with Crippen LogP contribution in [0.5, 0.6) is 0 Å². The summed E-state index contributed by atoms with van der Waals surface area (Å²) in [5.41, 5.74) is 3.01. The molecule has 3 heteroatoms. The fourth-order valence-electron chi connectivity index (χ4n) is 2.52. The number of fused-ring (bicyclic) bond motifs is 3. The van der Waals surface area contributed by atoms with Crippen LogP contribution in [0.3, 0.4) is 0 Å². The number of carbonyl (C=O) groups is 1. The molecule has 1 aromatic heterocycles. The van der Waals surface area contributed by atoms with Crippen molar-refractivity contribution in [1.29, 1.82) is 0 Å². The van der Waals surface area contributed by atoms with Crippen LogP contribution in [0, 0.1) is 5.92 Å². The number of para-hydroxylation sites is 1. The Labute approximate surface area is 118 Å². The standard InChI is InChI=1S/C17H18N2O/c1-11(2)9-17(20)18-12-7-8-14-13-5-3-4-6-15(13)19-16(14)10-12/h3-8,10-11,19H,9H2,1-2H3,(H,18,20). The molecule has 0 aliphatic heterocycles. The summed E-state index contributed by atoms with van der Waals surface area (Å²) in [6, 6.07) is 14.2. The zero-order valence-corrected chi connectivity index (χ0v) is 11.7. The molecule has 2 aromatic carbocycles. The van der Waals surface area contributed by atoms with Gasteiger partial charge < -0.3 is 10.3 Å². The van der Waals surface area contributed by atoms with E-state index < -0.39 is 0 Å². The number of H-pyrrole nitrogens is 1. The highest BCUT2D eigenvalue weighted by Crippen LogP contribution is 2.27. The quantitative estimate of drug-likeness (QED) is 0.729. The van der Waals surface area contributed by atoms with E-state index in [-0.39, 0.29) is 5.91 Å². The molecular weight excluding hydrogens is 248 g/mol. The highest BCUT2D eigenvalue weighted by molar-refractivity contribution is 6.08. The molecular formula is C17H18N2O. The number of carbonyl (C=O) groups excluding carboxylic acids is 1. The van der Waals surface area contributed by atoms with Gasteiger partial charge in [-0.25, -0.2) is 0 Å². The Kier molecular flexibility index (Phi) is 3.18. The molecule has 3 rings (SSSR count). The first-order valence-corrected chi connectivity index (χ1v) is 6.94. The fraction of sp³-hybridized carbons (Fsp3) is 0.235. The molecule has 2 N–H and O–H groups in total. The number of hydrogen-bond donors (Lipinski definition) is 2. The predicted molar refractivity (Wildman–Crippen MR) is 83.9 cm³/mol. The summed E-state index contributed by atoms with van der Waals surface area (Å²) in [4.78, 5) is 15.2. The molecule has 3 nitrogen and oxygen atoms in total. The number of hydrogen-bond acceptors (Lipinski definition) is 1. The van der Waals surface area contributed by atoms with E-state index in [0.29, 0.717) is 12.3 Å². The minimum absolute atomic E-state index is 0.0652. The maximum absolute atomic E-state index is 11.8. The van der Waals surface area contributed by atoms with Gasteiger partial charge in [0, 0.05) is 33.9 Å². The zero-order chi connectivity index (χ0) is 14.1. The third-order valence-corrected chi connectivity index (χ3v) is 3.38. The van der Waals surface area contributed by atoms with E-state index in [1.165, 1.54) is 10.8 Å². The molecule has 0 unspecified atom stereocenters. The lowest BCUT2D eigenvalue weighted by Crippen LogP contribution is -2.13. The number of rotatable bonds is 3. The lowest BCUT2D eigenvalue weighted by Gasteiger charge is -2.07. The van der Waals surface area contributed by atoms with Crippen LogP contribution in [0.4, 0.5) is 5.69 Å². The number of amides is 1. The van der Waals surface area contributed by atoms with Crippen LogP contribution in [0.25, 0.3) is 21.8 Å². The smallest absolute Gasteiger partial charge is 0.224 e. The molecule has 1 heterocycles. The van der Waals surface area contributed by atoms with Crippen LogP contribution in [0.15, 0.2) is 42.5 Å².